The molecule has 1 unspecified atom stereocenters. The first kappa shape index (κ1) is 13.0. The highest BCUT2D eigenvalue weighted by molar-refractivity contribution is 7.98. The molecule has 1 atom stereocenters. The number of rotatable bonds is 6. The van der Waals surface area contributed by atoms with E-state index < -0.39 is 0 Å². The largest absolute Gasteiger partial charge is 0.307 e. The highest BCUT2D eigenvalue weighted by Gasteiger charge is 2.06. The van der Waals surface area contributed by atoms with E-state index in [1.165, 1.54) is 9.88 Å². The third kappa shape index (κ3) is 4.53. The molecular weight excluding hydrogens is 224 g/mol. The maximum atomic E-state index is 4.42. The van der Waals surface area contributed by atoms with E-state index in [-0.39, 0.29) is 0 Å². The number of nitrogens with zero attached hydrogens (tertiary/aromatic N) is 1. The van der Waals surface area contributed by atoms with Gasteiger partial charge in [0, 0.05) is 29.4 Å². The molecule has 1 aromatic rings. The van der Waals surface area contributed by atoms with Gasteiger partial charge in [0.1, 0.15) is 5.01 Å². The lowest BCUT2D eigenvalue weighted by atomic mass is 10.2. The Labute approximate surface area is 101 Å². The number of hydrogen-bond donors (Lipinski definition) is 1. The van der Waals surface area contributed by atoms with E-state index in [1.54, 1.807) is 0 Å². The Hall–Kier alpha value is -0.0600. The van der Waals surface area contributed by atoms with Crippen LogP contribution in [0.15, 0.2) is 6.20 Å². The lowest BCUT2D eigenvalue weighted by Crippen LogP contribution is -2.27. The van der Waals surface area contributed by atoms with E-state index >= 15 is 0 Å². The van der Waals surface area contributed by atoms with Gasteiger partial charge in [0.05, 0.1) is 0 Å². The summed E-state index contributed by atoms with van der Waals surface area (Å²) in [6, 6.07) is 0.561. The summed E-state index contributed by atoms with van der Waals surface area (Å²) in [5, 5.41) is 4.68. The van der Waals surface area contributed by atoms with Gasteiger partial charge in [0.2, 0.25) is 0 Å². The summed E-state index contributed by atoms with van der Waals surface area (Å²) in [6.07, 6.45) is 4.14. The molecule has 1 heterocycles. The van der Waals surface area contributed by atoms with E-state index in [0.717, 1.165) is 12.3 Å². The Morgan fingerprint density at radius 2 is 2.20 bits per heavy atom. The summed E-state index contributed by atoms with van der Waals surface area (Å²) in [5.74, 6) is 1.75. The van der Waals surface area contributed by atoms with E-state index in [1.807, 2.05) is 29.3 Å². The molecule has 0 aliphatic carbocycles. The molecule has 1 rings (SSSR count). The van der Waals surface area contributed by atoms with Crippen molar-refractivity contribution in [3.8, 4) is 0 Å². The number of aromatic nitrogens is 1. The lowest BCUT2D eigenvalue weighted by Gasteiger charge is -2.10. The minimum atomic E-state index is 0.561. The van der Waals surface area contributed by atoms with Crippen LogP contribution in [0.1, 0.15) is 36.6 Å². The van der Waals surface area contributed by atoms with Crippen molar-refractivity contribution < 1.29 is 0 Å². The zero-order valence-electron chi connectivity index (χ0n) is 9.91. The van der Waals surface area contributed by atoms with Crippen molar-refractivity contribution in [1.82, 2.24) is 10.3 Å². The second-order valence-corrected chi connectivity index (χ2v) is 6.11. The number of nitrogens with one attached hydrogen (secondary N) is 1. The second kappa shape index (κ2) is 6.51. The van der Waals surface area contributed by atoms with Crippen LogP contribution in [0.4, 0.5) is 0 Å². The van der Waals surface area contributed by atoms with Gasteiger partial charge in [-0.25, -0.2) is 4.98 Å². The summed E-state index contributed by atoms with van der Waals surface area (Å²) in [4.78, 5) is 5.80. The molecule has 15 heavy (non-hydrogen) atoms. The average Bonchev–Trinajstić information content (AvgIpc) is 2.63. The van der Waals surface area contributed by atoms with Crippen molar-refractivity contribution in [3.63, 3.8) is 0 Å². The molecule has 0 saturated carbocycles. The Bertz CT molecular complexity index is 284. The number of thiazole rings is 1. The SMILES string of the molecule is CSCC(C)NCc1ncc(C(C)C)s1. The van der Waals surface area contributed by atoms with E-state index in [9.17, 15) is 0 Å². The Morgan fingerprint density at radius 1 is 1.47 bits per heavy atom. The molecule has 86 valence electrons. The fraction of sp³-hybridized carbons (Fsp3) is 0.727. The molecule has 0 aliphatic heterocycles. The van der Waals surface area contributed by atoms with Crippen molar-refractivity contribution in [2.45, 2.75) is 39.3 Å². The number of thioether (sulfide) groups is 1. The maximum Gasteiger partial charge on any atom is 0.107 e. The molecule has 0 fully saturated rings. The minimum Gasteiger partial charge on any atom is -0.307 e. The first-order valence-electron chi connectivity index (χ1n) is 5.30. The summed E-state index contributed by atoms with van der Waals surface area (Å²) in [7, 11) is 0. The van der Waals surface area contributed by atoms with Gasteiger partial charge in [-0.3, -0.25) is 0 Å². The Balaban J connectivity index is 2.37. The van der Waals surface area contributed by atoms with Gasteiger partial charge in [-0.1, -0.05) is 13.8 Å². The van der Waals surface area contributed by atoms with Gasteiger partial charge in [-0.15, -0.1) is 11.3 Å². The summed E-state index contributed by atoms with van der Waals surface area (Å²) in [5.41, 5.74) is 0. The molecule has 0 radical (unpaired) electrons. The summed E-state index contributed by atoms with van der Waals surface area (Å²) in [6.45, 7) is 7.54. The van der Waals surface area contributed by atoms with Gasteiger partial charge >= 0.3 is 0 Å². The first-order valence-corrected chi connectivity index (χ1v) is 7.51. The Kier molecular flexibility index (Phi) is 5.64. The molecule has 1 aromatic heterocycles. The molecule has 2 nitrogen and oxygen atoms in total. The van der Waals surface area contributed by atoms with Crippen LogP contribution in [0.2, 0.25) is 0 Å². The van der Waals surface area contributed by atoms with Crippen molar-refractivity contribution in [1.29, 1.82) is 0 Å². The number of hydrogen-bond acceptors (Lipinski definition) is 4. The maximum absolute atomic E-state index is 4.42. The molecule has 0 spiro atoms. The minimum absolute atomic E-state index is 0.561. The molecular formula is C11H20N2S2. The van der Waals surface area contributed by atoms with Crippen LogP contribution >= 0.6 is 23.1 Å². The van der Waals surface area contributed by atoms with Gasteiger partial charge in [0.15, 0.2) is 0 Å². The smallest absolute Gasteiger partial charge is 0.107 e. The van der Waals surface area contributed by atoms with Gasteiger partial charge < -0.3 is 5.32 Å². The quantitative estimate of drug-likeness (QED) is 0.832. The molecule has 0 bridgehead atoms. The van der Waals surface area contributed by atoms with E-state index in [4.69, 9.17) is 0 Å². The summed E-state index contributed by atoms with van der Waals surface area (Å²) >= 11 is 3.70. The molecule has 0 saturated heterocycles. The zero-order chi connectivity index (χ0) is 11.3. The van der Waals surface area contributed by atoms with E-state index in [2.05, 4.69) is 37.3 Å². The molecule has 4 heteroatoms. The van der Waals surface area contributed by atoms with Crippen LogP contribution in [0, 0.1) is 0 Å². The van der Waals surface area contributed by atoms with Crippen molar-refractivity contribution in [2.75, 3.05) is 12.0 Å². The molecule has 0 aliphatic rings. The standard InChI is InChI=1S/C11H20N2S2/c1-8(2)10-5-13-11(15-10)6-12-9(3)7-14-4/h5,8-9,12H,6-7H2,1-4H3. The molecule has 1 N–H and O–H groups in total. The van der Waals surface area contributed by atoms with Crippen LogP contribution in [0.25, 0.3) is 0 Å². The third-order valence-electron chi connectivity index (χ3n) is 2.16. The van der Waals surface area contributed by atoms with E-state index in [0.29, 0.717) is 12.0 Å². The average molecular weight is 244 g/mol. The van der Waals surface area contributed by atoms with Crippen LogP contribution in [-0.4, -0.2) is 23.0 Å². The second-order valence-electron chi connectivity index (χ2n) is 4.05. The van der Waals surface area contributed by atoms with Crippen molar-refractivity contribution >= 4 is 23.1 Å². The highest BCUT2D eigenvalue weighted by atomic mass is 32.2. The predicted molar refractivity (Wildman–Crippen MR) is 70.9 cm³/mol. The van der Waals surface area contributed by atoms with Gasteiger partial charge in [0.25, 0.3) is 0 Å². The van der Waals surface area contributed by atoms with Crippen LogP contribution in [-0.2, 0) is 6.54 Å². The highest BCUT2D eigenvalue weighted by Crippen LogP contribution is 2.21. The normalized spacial score (nSPS) is 13.4. The van der Waals surface area contributed by atoms with Crippen LogP contribution in [0.5, 0.6) is 0 Å². The predicted octanol–water partition coefficient (Wildman–Crippen LogP) is 3.11. The van der Waals surface area contributed by atoms with Gasteiger partial charge in [-0.05, 0) is 19.1 Å². The monoisotopic (exact) mass is 244 g/mol. The van der Waals surface area contributed by atoms with Crippen LogP contribution in [0.3, 0.4) is 0 Å². The topological polar surface area (TPSA) is 24.9 Å². The molecule has 0 aromatic carbocycles. The fourth-order valence-electron chi connectivity index (χ4n) is 1.24. The van der Waals surface area contributed by atoms with Gasteiger partial charge in [-0.2, -0.15) is 11.8 Å². The van der Waals surface area contributed by atoms with Crippen molar-refractivity contribution in [3.05, 3.63) is 16.1 Å². The summed E-state index contributed by atoms with van der Waals surface area (Å²) < 4.78 is 0. The lowest BCUT2D eigenvalue weighted by molar-refractivity contribution is 0.594. The first-order chi connectivity index (χ1) is 7.13. The third-order valence-corrected chi connectivity index (χ3v) is 4.29. The van der Waals surface area contributed by atoms with Crippen LogP contribution < -0.4 is 5.32 Å². The zero-order valence-corrected chi connectivity index (χ0v) is 11.5. The Morgan fingerprint density at radius 3 is 2.73 bits per heavy atom. The van der Waals surface area contributed by atoms with Crippen molar-refractivity contribution in [2.24, 2.45) is 0 Å². The molecule has 0 amide bonds. The fourth-order valence-corrected chi connectivity index (χ4v) is 2.74.